The molecule has 1 aromatic carbocycles. The number of anilines is 1. The highest BCUT2D eigenvalue weighted by molar-refractivity contribution is 7.15. The van der Waals surface area contributed by atoms with Crippen molar-refractivity contribution >= 4 is 22.4 Å². The van der Waals surface area contributed by atoms with Crippen LogP contribution < -0.4 is 5.32 Å². The molecule has 0 saturated heterocycles. The molecule has 0 radical (unpaired) electrons. The molecule has 0 bridgehead atoms. The highest BCUT2D eigenvalue weighted by Gasteiger charge is 2.16. The Morgan fingerprint density at radius 1 is 1.33 bits per heavy atom. The van der Waals surface area contributed by atoms with Gasteiger partial charge in [0.15, 0.2) is 0 Å². The van der Waals surface area contributed by atoms with Crippen LogP contribution in [0.2, 0.25) is 0 Å². The highest BCUT2D eigenvalue weighted by Crippen LogP contribution is 2.28. The van der Waals surface area contributed by atoms with Crippen molar-refractivity contribution in [2.45, 2.75) is 39.5 Å². The van der Waals surface area contributed by atoms with Gasteiger partial charge in [-0.3, -0.25) is 10.1 Å². The van der Waals surface area contributed by atoms with E-state index in [4.69, 9.17) is 0 Å². The van der Waals surface area contributed by atoms with Gasteiger partial charge in [0.1, 0.15) is 10.8 Å². The molecule has 112 valence electrons. The minimum absolute atomic E-state index is 0.0390. The van der Waals surface area contributed by atoms with Crippen molar-refractivity contribution in [3.63, 3.8) is 0 Å². The van der Waals surface area contributed by atoms with Crippen LogP contribution in [-0.4, -0.2) is 21.2 Å². The van der Waals surface area contributed by atoms with Gasteiger partial charge in [-0.05, 0) is 31.9 Å². The number of rotatable bonds is 5. The topological polar surface area (TPSA) is 75.1 Å². The number of aromatic hydroxyl groups is 1. The number of aromatic nitrogens is 2. The van der Waals surface area contributed by atoms with Crippen LogP contribution in [-0.2, 0) is 0 Å². The van der Waals surface area contributed by atoms with E-state index in [1.165, 1.54) is 17.4 Å². The number of hydrogen-bond acceptors (Lipinski definition) is 5. The molecule has 0 spiro atoms. The van der Waals surface area contributed by atoms with Gasteiger partial charge in [0.05, 0.1) is 5.56 Å². The molecule has 5 nitrogen and oxygen atoms in total. The summed E-state index contributed by atoms with van der Waals surface area (Å²) in [5.74, 6) is -0.0354. The maximum absolute atomic E-state index is 12.2. The fourth-order valence-corrected chi connectivity index (χ4v) is 3.09. The van der Waals surface area contributed by atoms with E-state index in [9.17, 15) is 9.90 Å². The standard InChI is InChI=1S/C15H19N3O2S/c1-4-10(5-2)14-17-18-15(21-14)16-13(20)11-8-9(3)6-7-12(11)19/h6-8,10,19H,4-5H2,1-3H3,(H,16,18,20). The Labute approximate surface area is 128 Å². The largest absolute Gasteiger partial charge is 0.507 e. The van der Waals surface area contributed by atoms with Crippen LogP contribution in [0, 0.1) is 6.92 Å². The van der Waals surface area contributed by atoms with Gasteiger partial charge in [0.25, 0.3) is 5.91 Å². The lowest BCUT2D eigenvalue weighted by Gasteiger charge is -2.06. The first-order valence-corrected chi connectivity index (χ1v) is 7.81. The number of carbonyl (C=O) groups excluding carboxylic acids is 1. The molecule has 2 N–H and O–H groups in total. The van der Waals surface area contributed by atoms with Crippen molar-refractivity contribution in [3.05, 3.63) is 34.3 Å². The highest BCUT2D eigenvalue weighted by atomic mass is 32.1. The molecule has 0 atom stereocenters. The number of hydrogen-bond donors (Lipinski definition) is 2. The number of aryl methyl sites for hydroxylation is 1. The first kappa shape index (κ1) is 15.4. The molecule has 0 aliphatic rings. The molecule has 1 aromatic heterocycles. The monoisotopic (exact) mass is 305 g/mol. The Hall–Kier alpha value is -1.95. The Morgan fingerprint density at radius 2 is 2.05 bits per heavy atom. The van der Waals surface area contributed by atoms with Gasteiger partial charge in [-0.15, -0.1) is 10.2 Å². The first-order valence-electron chi connectivity index (χ1n) is 6.99. The third-order valence-electron chi connectivity index (χ3n) is 3.39. The number of phenols is 1. The van der Waals surface area contributed by atoms with Crippen LogP contribution in [0.4, 0.5) is 5.13 Å². The van der Waals surface area contributed by atoms with E-state index in [0.29, 0.717) is 11.0 Å². The second-order valence-electron chi connectivity index (χ2n) is 4.93. The van der Waals surface area contributed by atoms with Crippen molar-refractivity contribution in [1.29, 1.82) is 0 Å². The normalized spacial score (nSPS) is 10.9. The van der Waals surface area contributed by atoms with E-state index >= 15 is 0 Å². The van der Waals surface area contributed by atoms with E-state index in [1.54, 1.807) is 12.1 Å². The summed E-state index contributed by atoms with van der Waals surface area (Å²) < 4.78 is 0. The summed E-state index contributed by atoms with van der Waals surface area (Å²) >= 11 is 1.39. The molecule has 21 heavy (non-hydrogen) atoms. The summed E-state index contributed by atoms with van der Waals surface area (Å²) in [4.78, 5) is 12.2. The van der Waals surface area contributed by atoms with Crippen LogP contribution in [0.3, 0.4) is 0 Å². The van der Waals surface area contributed by atoms with Gasteiger partial charge in [-0.1, -0.05) is 36.8 Å². The molecular weight excluding hydrogens is 286 g/mol. The molecule has 1 amide bonds. The Bertz CT molecular complexity index is 636. The molecule has 0 unspecified atom stereocenters. The third kappa shape index (κ3) is 3.58. The maximum Gasteiger partial charge on any atom is 0.261 e. The quantitative estimate of drug-likeness (QED) is 0.883. The maximum atomic E-state index is 12.2. The summed E-state index contributed by atoms with van der Waals surface area (Å²) in [5, 5.41) is 22.0. The van der Waals surface area contributed by atoms with Gasteiger partial charge in [-0.25, -0.2) is 0 Å². The second-order valence-corrected chi connectivity index (χ2v) is 5.94. The number of nitrogens with zero attached hydrogens (tertiary/aromatic N) is 2. The zero-order valence-electron chi connectivity index (χ0n) is 12.4. The van der Waals surface area contributed by atoms with Gasteiger partial charge in [0.2, 0.25) is 5.13 Å². The van der Waals surface area contributed by atoms with Crippen molar-refractivity contribution in [2.24, 2.45) is 0 Å². The fraction of sp³-hybridized carbons (Fsp3) is 0.400. The minimum atomic E-state index is -0.372. The molecule has 0 aliphatic carbocycles. The minimum Gasteiger partial charge on any atom is -0.507 e. The lowest BCUT2D eigenvalue weighted by atomic mass is 10.1. The number of benzene rings is 1. The van der Waals surface area contributed by atoms with Crippen LogP contribution in [0.25, 0.3) is 0 Å². The molecule has 0 fully saturated rings. The van der Waals surface area contributed by atoms with Crippen LogP contribution in [0.5, 0.6) is 5.75 Å². The summed E-state index contributed by atoms with van der Waals surface area (Å²) in [5.41, 5.74) is 1.15. The van der Waals surface area contributed by atoms with Crippen molar-refractivity contribution < 1.29 is 9.90 Å². The van der Waals surface area contributed by atoms with E-state index in [-0.39, 0.29) is 17.2 Å². The van der Waals surface area contributed by atoms with Gasteiger partial charge >= 0.3 is 0 Å². The average Bonchev–Trinajstić information content (AvgIpc) is 2.91. The molecular formula is C15H19N3O2S. The molecule has 0 saturated carbocycles. The molecule has 1 heterocycles. The van der Waals surface area contributed by atoms with Crippen molar-refractivity contribution in [1.82, 2.24) is 10.2 Å². The van der Waals surface area contributed by atoms with Crippen molar-refractivity contribution in [2.75, 3.05) is 5.32 Å². The van der Waals surface area contributed by atoms with Gasteiger partial charge in [0, 0.05) is 5.92 Å². The summed E-state index contributed by atoms with van der Waals surface area (Å²) in [7, 11) is 0. The van der Waals surface area contributed by atoms with E-state index in [1.807, 2.05) is 6.92 Å². The van der Waals surface area contributed by atoms with E-state index in [0.717, 1.165) is 23.4 Å². The zero-order chi connectivity index (χ0) is 15.4. The van der Waals surface area contributed by atoms with E-state index in [2.05, 4.69) is 29.4 Å². The second kappa shape index (κ2) is 6.67. The van der Waals surface area contributed by atoms with Gasteiger partial charge < -0.3 is 5.11 Å². The predicted molar refractivity (Wildman–Crippen MR) is 84.0 cm³/mol. The molecule has 0 aliphatic heterocycles. The Morgan fingerprint density at radius 3 is 2.71 bits per heavy atom. The summed E-state index contributed by atoms with van der Waals surface area (Å²) in [6.07, 6.45) is 2.00. The molecule has 2 rings (SSSR count). The lowest BCUT2D eigenvalue weighted by Crippen LogP contribution is -2.12. The summed E-state index contributed by atoms with van der Waals surface area (Å²) in [6.45, 7) is 6.09. The lowest BCUT2D eigenvalue weighted by molar-refractivity contribution is 0.102. The van der Waals surface area contributed by atoms with Crippen LogP contribution in [0.1, 0.15) is 53.5 Å². The van der Waals surface area contributed by atoms with Crippen molar-refractivity contribution in [3.8, 4) is 5.75 Å². The predicted octanol–water partition coefficient (Wildman–Crippen LogP) is 3.71. The SMILES string of the molecule is CCC(CC)c1nnc(NC(=O)c2cc(C)ccc2O)s1. The smallest absolute Gasteiger partial charge is 0.261 e. The Kier molecular flexibility index (Phi) is 4.90. The zero-order valence-corrected chi connectivity index (χ0v) is 13.2. The fourth-order valence-electron chi connectivity index (χ4n) is 2.08. The number of phenolic OH excluding ortho intramolecular Hbond substituents is 1. The Balaban J connectivity index is 2.15. The number of nitrogens with one attached hydrogen (secondary N) is 1. The third-order valence-corrected chi connectivity index (χ3v) is 4.39. The molecule has 6 heteroatoms. The van der Waals surface area contributed by atoms with E-state index < -0.39 is 0 Å². The molecule has 2 aromatic rings. The van der Waals surface area contributed by atoms with Crippen LogP contribution in [0.15, 0.2) is 18.2 Å². The first-order chi connectivity index (χ1) is 10.0. The van der Waals surface area contributed by atoms with Gasteiger partial charge in [-0.2, -0.15) is 0 Å². The summed E-state index contributed by atoms with van der Waals surface area (Å²) in [6, 6.07) is 4.91. The average molecular weight is 305 g/mol. The van der Waals surface area contributed by atoms with Crippen LogP contribution >= 0.6 is 11.3 Å². The number of amides is 1. The number of carbonyl (C=O) groups is 1.